The van der Waals surface area contributed by atoms with Crippen LogP contribution in [0.3, 0.4) is 0 Å². The number of hydroxylamine groups is 1. The first-order chi connectivity index (χ1) is 6.65. The second kappa shape index (κ2) is 4.69. The minimum atomic E-state index is -1.16. The molecule has 0 aliphatic heterocycles. The van der Waals surface area contributed by atoms with Crippen molar-refractivity contribution in [2.45, 2.75) is 6.54 Å². The second-order valence-electron chi connectivity index (χ2n) is 2.63. The topological polar surface area (TPSA) is 58.6 Å². The van der Waals surface area contributed by atoms with Crippen LogP contribution >= 0.6 is 0 Å². The van der Waals surface area contributed by atoms with Gasteiger partial charge in [-0.25, -0.2) is 9.18 Å². The molecule has 0 bridgehead atoms. The number of aromatic carboxylic acids is 1. The molecule has 5 heteroatoms. The highest BCUT2D eigenvalue weighted by atomic mass is 19.1. The summed E-state index contributed by atoms with van der Waals surface area (Å²) in [6.45, 7) is 0.221. The van der Waals surface area contributed by atoms with Gasteiger partial charge in [0.25, 0.3) is 0 Å². The Kier molecular flexibility index (Phi) is 3.55. The van der Waals surface area contributed by atoms with Gasteiger partial charge in [-0.1, -0.05) is 6.07 Å². The number of rotatable bonds is 4. The molecule has 1 rings (SSSR count). The van der Waals surface area contributed by atoms with Crippen LogP contribution in [0.5, 0.6) is 0 Å². The van der Waals surface area contributed by atoms with Crippen LogP contribution in [-0.2, 0) is 11.4 Å². The average Bonchev–Trinajstić information content (AvgIpc) is 2.15. The summed E-state index contributed by atoms with van der Waals surface area (Å²) in [5.41, 5.74) is 2.91. The normalized spacial score (nSPS) is 10.1. The predicted octanol–water partition coefficient (Wildman–Crippen LogP) is 1.17. The maximum absolute atomic E-state index is 12.7. The van der Waals surface area contributed by atoms with E-state index in [9.17, 15) is 9.18 Å². The highest BCUT2D eigenvalue weighted by Gasteiger charge is 2.10. The van der Waals surface area contributed by atoms with Gasteiger partial charge in [0.1, 0.15) is 5.82 Å². The van der Waals surface area contributed by atoms with E-state index in [1.807, 2.05) is 0 Å². The number of carboxylic acids is 1. The molecular weight excluding hydrogens is 189 g/mol. The van der Waals surface area contributed by atoms with E-state index in [4.69, 9.17) is 5.11 Å². The van der Waals surface area contributed by atoms with Crippen molar-refractivity contribution in [2.24, 2.45) is 0 Å². The molecule has 0 amide bonds. The summed E-state index contributed by atoms with van der Waals surface area (Å²) in [5.74, 6) is -1.72. The first-order valence-corrected chi connectivity index (χ1v) is 3.92. The van der Waals surface area contributed by atoms with Gasteiger partial charge in [0.05, 0.1) is 12.7 Å². The predicted molar refractivity (Wildman–Crippen MR) is 47.2 cm³/mol. The van der Waals surface area contributed by atoms with Crippen molar-refractivity contribution in [3.8, 4) is 0 Å². The van der Waals surface area contributed by atoms with E-state index >= 15 is 0 Å². The fourth-order valence-electron chi connectivity index (χ4n) is 1.05. The Hall–Kier alpha value is -1.46. The van der Waals surface area contributed by atoms with E-state index in [1.54, 1.807) is 0 Å². The molecule has 14 heavy (non-hydrogen) atoms. The molecule has 0 unspecified atom stereocenters. The van der Waals surface area contributed by atoms with Gasteiger partial charge in [0.15, 0.2) is 0 Å². The zero-order valence-electron chi connectivity index (χ0n) is 7.58. The second-order valence-corrected chi connectivity index (χ2v) is 2.63. The van der Waals surface area contributed by atoms with Gasteiger partial charge in [0.2, 0.25) is 0 Å². The van der Waals surface area contributed by atoms with Crippen molar-refractivity contribution in [2.75, 3.05) is 7.11 Å². The Bertz CT molecular complexity index is 341. The van der Waals surface area contributed by atoms with Crippen molar-refractivity contribution in [3.05, 3.63) is 35.1 Å². The summed E-state index contributed by atoms with van der Waals surface area (Å²) in [4.78, 5) is 15.3. The van der Waals surface area contributed by atoms with Crippen LogP contribution in [0.4, 0.5) is 4.39 Å². The smallest absolute Gasteiger partial charge is 0.336 e. The van der Waals surface area contributed by atoms with Gasteiger partial charge >= 0.3 is 5.97 Å². The van der Waals surface area contributed by atoms with Gasteiger partial charge in [-0.15, -0.1) is 0 Å². The molecular formula is C9H10FNO3. The van der Waals surface area contributed by atoms with Crippen LogP contribution in [0.25, 0.3) is 0 Å². The fraction of sp³-hybridized carbons (Fsp3) is 0.222. The first-order valence-electron chi connectivity index (χ1n) is 3.92. The zero-order chi connectivity index (χ0) is 10.6. The summed E-state index contributed by atoms with van der Waals surface area (Å²) in [5, 5.41) is 8.75. The molecule has 0 spiro atoms. The molecule has 76 valence electrons. The zero-order valence-corrected chi connectivity index (χ0v) is 7.58. The summed E-state index contributed by atoms with van der Waals surface area (Å²) in [6.07, 6.45) is 0. The molecule has 4 nitrogen and oxygen atoms in total. The van der Waals surface area contributed by atoms with E-state index in [0.717, 1.165) is 6.07 Å². The summed E-state index contributed by atoms with van der Waals surface area (Å²) in [7, 11) is 1.42. The van der Waals surface area contributed by atoms with Gasteiger partial charge in [-0.2, -0.15) is 5.48 Å². The lowest BCUT2D eigenvalue weighted by molar-refractivity contribution is 0.0687. The Morgan fingerprint density at radius 3 is 2.93 bits per heavy atom. The Morgan fingerprint density at radius 2 is 2.36 bits per heavy atom. The molecule has 1 aromatic rings. The van der Waals surface area contributed by atoms with Crippen LogP contribution in [0.1, 0.15) is 15.9 Å². The van der Waals surface area contributed by atoms with Crippen molar-refractivity contribution in [1.82, 2.24) is 5.48 Å². The van der Waals surface area contributed by atoms with Crippen molar-refractivity contribution < 1.29 is 19.1 Å². The molecule has 0 saturated heterocycles. The number of hydrogen-bond acceptors (Lipinski definition) is 3. The minimum Gasteiger partial charge on any atom is -0.478 e. The fourth-order valence-corrected chi connectivity index (χ4v) is 1.05. The molecule has 0 heterocycles. The third-order valence-electron chi connectivity index (χ3n) is 1.71. The third kappa shape index (κ3) is 2.51. The summed E-state index contributed by atoms with van der Waals surface area (Å²) >= 11 is 0. The number of carboxylic acid groups (broad SMARTS) is 1. The Labute approximate surface area is 80.3 Å². The molecule has 0 aliphatic carbocycles. The highest BCUT2D eigenvalue weighted by Crippen LogP contribution is 2.11. The lowest BCUT2D eigenvalue weighted by atomic mass is 10.1. The molecule has 1 aromatic carbocycles. The minimum absolute atomic E-state index is 0.0606. The third-order valence-corrected chi connectivity index (χ3v) is 1.71. The molecule has 0 aliphatic rings. The maximum atomic E-state index is 12.7. The van der Waals surface area contributed by atoms with Gasteiger partial charge in [0, 0.05) is 6.54 Å². The Balaban J connectivity index is 2.96. The van der Waals surface area contributed by atoms with E-state index < -0.39 is 11.8 Å². The van der Waals surface area contributed by atoms with E-state index in [0.29, 0.717) is 5.56 Å². The SMILES string of the molecule is CONCc1ccc(F)cc1C(=O)O. The van der Waals surface area contributed by atoms with Crippen LogP contribution < -0.4 is 5.48 Å². The average molecular weight is 199 g/mol. The lowest BCUT2D eigenvalue weighted by Crippen LogP contribution is -2.14. The van der Waals surface area contributed by atoms with E-state index in [2.05, 4.69) is 10.3 Å². The van der Waals surface area contributed by atoms with Gasteiger partial charge in [-0.05, 0) is 17.7 Å². The van der Waals surface area contributed by atoms with Crippen LogP contribution in [0.2, 0.25) is 0 Å². The number of halogens is 1. The molecule has 0 aromatic heterocycles. The van der Waals surface area contributed by atoms with Crippen LogP contribution in [0.15, 0.2) is 18.2 Å². The number of hydrogen-bond donors (Lipinski definition) is 2. The largest absolute Gasteiger partial charge is 0.478 e. The summed E-state index contributed by atoms with van der Waals surface area (Å²) in [6, 6.07) is 3.60. The first kappa shape index (κ1) is 10.6. The Morgan fingerprint density at radius 1 is 1.64 bits per heavy atom. The number of benzene rings is 1. The van der Waals surface area contributed by atoms with E-state index in [1.165, 1.54) is 19.2 Å². The van der Waals surface area contributed by atoms with Crippen LogP contribution in [0, 0.1) is 5.82 Å². The molecule has 0 radical (unpaired) electrons. The maximum Gasteiger partial charge on any atom is 0.336 e. The number of nitrogens with one attached hydrogen (secondary N) is 1. The monoisotopic (exact) mass is 199 g/mol. The highest BCUT2D eigenvalue weighted by molar-refractivity contribution is 5.89. The van der Waals surface area contributed by atoms with Gasteiger partial charge in [-0.3, -0.25) is 0 Å². The molecule has 2 N–H and O–H groups in total. The molecule has 0 atom stereocenters. The van der Waals surface area contributed by atoms with Crippen molar-refractivity contribution in [3.63, 3.8) is 0 Å². The van der Waals surface area contributed by atoms with Crippen LogP contribution in [-0.4, -0.2) is 18.2 Å². The van der Waals surface area contributed by atoms with Crippen molar-refractivity contribution >= 4 is 5.97 Å². The standard InChI is InChI=1S/C9H10FNO3/c1-14-11-5-6-2-3-7(10)4-8(6)9(12)13/h2-4,11H,5H2,1H3,(H,12,13). The van der Waals surface area contributed by atoms with Crippen molar-refractivity contribution in [1.29, 1.82) is 0 Å². The number of carbonyl (C=O) groups is 1. The van der Waals surface area contributed by atoms with E-state index in [-0.39, 0.29) is 12.1 Å². The van der Waals surface area contributed by atoms with Gasteiger partial charge < -0.3 is 9.94 Å². The molecule has 0 fully saturated rings. The quantitative estimate of drug-likeness (QED) is 0.715. The lowest BCUT2D eigenvalue weighted by Gasteiger charge is -2.05. The molecule has 0 saturated carbocycles. The summed E-state index contributed by atoms with van der Waals surface area (Å²) < 4.78 is 12.7.